The Morgan fingerprint density at radius 2 is 1.80 bits per heavy atom. The number of nitrogens with one attached hydrogen (secondary N) is 2. The number of sulfonamides is 1. The molecule has 1 aliphatic rings. The quantitative estimate of drug-likeness (QED) is 0.164. The van der Waals surface area contributed by atoms with E-state index < -0.39 is 46.2 Å². The number of nitrogens with two attached hydrogens (primary N) is 1. The highest BCUT2D eigenvalue weighted by Crippen LogP contribution is 2.23. The number of hydrogen-bond acceptors (Lipinski definition) is 9. The largest absolute Gasteiger partial charge is 0.497 e. The summed E-state index contributed by atoms with van der Waals surface area (Å²) in [5.74, 6) is -0.218. The number of ether oxygens (including phenoxy) is 1. The third-order valence-corrected chi connectivity index (χ3v) is 10.7. The second kappa shape index (κ2) is 16.9. The first-order valence-electron chi connectivity index (χ1n) is 15.9. The number of aryl methyl sites for hydroxylation is 1. The molecule has 266 valence electrons. The molecule has 49 heavy (non-hydrogen) atoms. The van der Waals surface area contributed by atoms with Crippen LogP contribution in [0.3, 0.4) is 0 Å². The van der Waals surface area contributed by atoms with Crippen LogP contribution in [0.15, 0.2) is 64.9 Å². The summed E-state index contributed by atoms with van der Waals surface area (Å²) in [5, 5.41) is 19.8. The second-order valence-electron chi connectivity index (χ2n) is 12.3. The zero-order valence-electron chi connectivity index (χ0n) is 28.1. The van der Waals surface area contributed by atoms with Gasteiger partial charge in [0.2, 0.25) is 15.9 Å². The van der Waals surface area contributed by atoms with Crippen LogP contribution in [0.2, 0.25) is 0 Å². The molecular formula is C33H45N7O7S2. The van der Waals surface area contributed by atoms with E-state index in [0.717, 1.165) is 16.3 Å². The second-order valence-corrected chi connectivity index (χ2v) is 15.3. The maximum atomic E-state index is 14.0. The average molecular weight is 716 g/mol. The number of benzene rings is 2. The van der Waals surface area contributed by atoms with Gasteiger partial charge in [-0.05, 0) is 49.1 Å². The first-order valence-corrected chi connectivity index (χ1v) is 18.3. The SMILES string of the molecule is COc1ccc(S(=O)(=O)N(CC(C)C)C[C@H](O)[C@H](Cc2ccccc2)NC(=O)[C@H](CNC(N)=O)N2CCN(Cc3csc(C)n3)C2=O)cc1. The van der Waals surface area contributed by atoms with Crippen molar-refractivity contribution in [2.75, 3.05) is 39.8 Å². The Labute approximate surface area is 291 Å². The number of thiazole rings is 1. The standard InChI is InChI=1S/C33H45N7O7S2/c1-22(2)18-39(49(45,46)27-12-10-26(47-4)11-13-27)20-30(41)28(16-24-8-6-5-7-9-24)37-31(42)29(17-35-32(34)43)40-15-14-38(33(40)44)19-25-21-48-23(3)36-25/h5-13,21-22,28-30,41H,14-20H2,1-4H3,(H,37,42)(H3,34,35,43)/t28-,29-,30-/m0/s1. The Kier molecular flexibility index (Phi) is 13.0. The zero-order valence-corrected chi connectivity index (χ0v) is 29.7. The normalized spacial score (nSPS) is 15.4. The Balaban J connectivity index is 1.59. The van der Waals surface area contributed by atoms with Gasteiger partial charge in [0, 0.05) is 38.1 Å². The van der Waals surface area contributed by atoms with Gasteiger partial charge in [0.1, 0.15) is 11.8 Å². The molecule has 1 saturated heterocycles. The number of urea groups is 2. The summed E-state index contributed by atoms with van der Waals surface area (Å²) in [6.07, 6.45) is -1.20. The molecule has 1 aromatic heterocycles. The summed E-state index contributed by atoms with van der Waals surface area (Å²) in [4.78, 5) is 46.6. The topological polar surface area (TPSA) is 188 Å². The van der Waals surface area contributed by atoms with Crippen LogP contribution >= 0.6 is 11.3 Å². The van der Waals surface area contributed by atoms with Crippen LogP contribution in [0.1, 0.15) is 30.1 Å². The van der Waals surface area contributed by atoms with Crippen molar-refractivity contribution in [3.8, 4) is 5.75 Å². The van der Waals surface area contributed by atoms with E-state index in [1.54, 1.807) is 17.0 Å². The van der Waals surface area contributed by atoms with E-state index >= 15 is 0 Å². The molecule has 0 aliphatic carbocycles. The lowest BCUT2D eigenvalue weighted by molar-refractivity contribution is -0.126. The summed E-state index contributed by atoms with van der Waals surface area (Å²) >= 11 is 1.47. The highest BCUT2D eigenvalue weighted by atomic mass is 32.2. The number of methoxy groups -OCH3 is 1. The minimum Gasteiger partial charge on any atom is -0.497 e. The van der Waals surface area contributed by atoms with E-state index in [1.807, 2.05) is 56.5 Å². The van der Waals surface area contributed by atoms with Crippen LogP contribution in [-0.2, 0) is 27.8 Å². The van der Waals surface area contributed by atoms with Crippen molar-refractivity contribution in [3.63, 3.8) is 0 Å². The van der Waals surface area contributed by atoms with E-state index in [1.165, 1.54) is 39.8 Å². The molecule has 0 unspecified atom stereocenters. The number of carbonyl (C=O) groups is 3. The Hall–Kier alpha value is -4.25. The summed E-state index contributed by atoms with van der Waals surface area (Å²) < 4.78 is 34.0. The van der Waals surface area contributed by atoms with Gasteiger partial charge in [0.15, 0.2) is 0 Å². The van der Waals surface area contributed by atoms with Gasteiger partial charge >= 0.3 is 12.1 Å². The van der Waals surface area contributed by atoms with E-state index in [-0.39, 0.29) is 50.0 Å². The van der Waals surface area contributed by atoms with Gasteiger partial charge in [0.05, 0.1) is 41.4 Å². The zero-order chi connectivity index (χ0) is 35.7. The third-order valence-electron chi connectivity index (χ3n) is 8.04. The van der Waals surface area contributed by atoms with Crippen LogP contribution in [-0.4, -0.2) is 109 Å². The monoisotopic (exact) mass is 715 g/mol. The Morgan fingerprint density at radius 1 is 1.10 bits per heavy atom. The number of carbonyl (C=O) groups excluding carboxylic acids is 3. The van der Waals surface area contributed by atoms with Crippen molar-refractivity contribution >= 4 is 39.3 Å². The van der Waals surface area contributed by atoms with Crippen LogP contribution < -0.4 is 21.1 Å². The molecule has 3 aromatic rings. The molecule has 3 atom stereocenters. The molecule has 0 radical (unpaired) electrons. The molecule has 0 bridgehead atoms. The summed E-state index contributed by atoms with van der Waals surface area (Å²) in [6.45, 7) is 5.93. The lowest BCUT2D eigenvalue weighted by Gasteiger charge is -2.33. The van der Waals surface area contributed by atoms with Crippen molar-refractivity contribution in [1.29, 1.82) is 0 Å². The van der Waals surface area contributed by atoms with Gasteiger partial charge < -0.3 is 36.0 Å². The molecule has 1 fully saturated rings. The number of aromatic nitrogens is 1. The molecule has 2 heterocycles. The average Bonchev–Trinajstić information content (AvgIpc) is 3.64. The maximum absolute atomic E-state index is 14.0. The van der Waals surface area contributed by atoms with Crippen LogP contribution in [0.4, 0.5) is 9.59 Å². The van der Waals surface area contributed by atoms with E-state index in [2.05, 4.69) is 15.6 Å². The minimum atomic E-state index is -4.06. The molecule has 0 saturated carbocycles. The Bertz CT molecular complexity index is 1670. The molecule has 5 N–H and O–H groups in total. The van der Waals surface area contributed by atoms with E-state index in [9.17, 15) is 27.9 Å². The van der Waals surface area contributed by atoms with Gasteiger partial charge in [-0.3, -0.25) is 4.79 Å². The number of nitrogens with zero attached hydrogens (tertiary/aromatic N) is 4. The van der Waals surface area contributed by atoms with E-state index in [0.29, 0.717) is 12.3 Å². The predicted molar refractivity (Wildman–Crippen MR) is 185 cm³/mol. The molecule has 0 spiro atoms. The van der Waals surface area contributed by atoms with Crippen LogP contribution in [0, 0.1) is 12.8 Å². The van der Waals surface area contributed by atoms with E-state index in [4.69, 9.17) is 10.5 Å². The number of amides is 5. The molecule has 1 aliphatic heterocycles. The summed E-state index contributed by atoms with van der Waals surface area (Å²) in [7, 11) is -2.57. The summed E-state index contributed by atoms with van der Waals surface area (Å²) in [5.41, 5.74) is 6.86. The van der Waals surface area contributed by atoms with Crippen molar-refractivity contribution in [1.82, 2.24) is 29.7 Å². The van der Waals surface area contributed by atoms with Gasteiger partial charge in [-0.2, -0.15) is 4.31 Å². The smallest absolute Gasteiger partial charge is 0.321 e. The molecule has 2 aromatic carbocycles. The third kappa shape index (κ3) is 10.1. The molecule has 5 amide bonds. The van der Waals surface area contributed by atoms with Crippen LogP contribution in [0.5, 0.6) is 5.75 Å². The van der Waals surface area contributed by atoms with Crippen molar-refractivity contribution < 1.29 is 32.6 Å². The lowest BCUT2D eigenvalue weighted by atomic mass is 10.00. The van der Waals surface area contributed by atoms with Crippen molar-refractivity contribution in [2.45, 2.75) is 56.8 Å². The number of primary amides is 1. The Morgan fingerprint density at radius 3 is 2.39 bits per heavy atom. The predicted octanol–water partition coefficient (Wildman–Crippen LogP) is 2.17. The number of rotatable bonds is 17. The summed E-state index contributed by atoms with van der Waals surface area (Å²) in [6, 6.07) is 11.7. The number of aliphatic hydroxyl groups excluding tert-OH is 1. The highest BCUT2D eigenvalue weighted by molar-refractivity contribution is 7.89. The fraction of sp³-hybridized carbons (Fsp3) is 0.455. The fourth-order valence-corrected chi connectivity index (χ4v) is 7.82. The number of hydrogen-bond donors (Lipinski definition) is 4. The molecule has 4 rings (SSSR count). The highest BCUT2D eigenvalue weighted by Gasteiger charge is 2.39. The van der Waals surface area contributed by atoms with Gasteiger partial charge in [0.25, 0.3) is 0 Å². The van der Waals surface area contributed by atoms with Crippen molar-refractivity contribution in [2.24, 2.45) is 11.7 Å². The van der Waals surface area contributed by atoms with Gasteiger partial charge in [-0.15, -0.1) is 11.3 Å². The van der Waals surface area contributed by atoms with Gasteiger partial charge in [-0.1, -0.05) is 44.2 Å². The number of aliphatic hydroxyl groups is 1. The first-order chi connectivity index (χ1) is 23.3. The van der Waals surface area contributed by atoms with Gasteiger partial charge in [-0.25, -0.2) is 23.0 Å². The lowest BCUT2D eigenvalue weighted by Crippen LogP contribution is -2.59. The minimum absolute atomic E-state index is 0.0345. The fourth-order valence-electron chi connectivity index (χ4n) is 5.60. The maximum Gasteiger partial charge on any atom is 0.321 e. The first kappa shape index (κ1) is 37.6. The molecule has 14 nitrogen and oxygen atoms in total. The van der Waals surface area contributed by atoms with Crippen molar-refractivity contribution in [3.05, 3.63) is 76.2 Å². The van der Waals surface area contributed by atoms with Crippen LogP contribution in [0.25, 0.3) is 0 Å². The molecular weight excluding hydrogens is 671 g/mol. The molecule has 16 heteroatoms.